The van der Waals surface area contributed by atoms with Gasteiger partial charge in [0.2, 0.25) is 0 Å². The Labute approximate surface area is 87.4 Å². The van der Waals surface area contributed by atoms with E-state index in [0.717, 1.165) is 25.1 Å². The molecule has 0 spiro atoms. The van der Waals surface area contributed by atoms with Crippen molar-refractivity contribution in [1.82, 2.24) is 5.32 Å². The van der Waals surface area contributed by atoms with E-state index < -0.39 is 0 Å². The molecule has 1 aliphatic heterocycles. The number of ether oxygens (including phenoxy) is 1. The molecule has 14 heavy (non-hydrogen) atoms. The number of nitrogens with one attached hydrogen (secondary N) is 1. The Morgan fingerprint density at radius 2 is 2.21 bits per heavy atom. The minimum absolute atomic E-state index is 0.557. The first-order valence-electron chi connectivity index (χ1n) is 6.19. The molecule has 1 saturated heterocycles. The molecule has 1 saturated carbocycles. The van der Waals surface area contributed by atoms with Crippen LogP contribution in [-0.4, -0.2) is 25.3 Å². The summed E-state index contributed by atoms with van der Waals surface area (Å²) in [6.07, 6.45) is 8.50. The Balaban J connectivity index is 1.54. The molecule has 0 aromatic carbocycles. The van der Waals surface area contributed by atoms with Crippen LogP contribution in [0.25, 0.3) is 0 Å². The van der Waals surface area contributed by atoms with E-state index in [-0.39, 0.29) is 0 Å². The summed E-state index contributed by atoms with van der Waals surface area (Å²) in [5.41, 5.74) is 0. The molecule has 0 amide bonds. The van der Waals surface area contributed by atoms with Gasteiger partial charge in [-0.2, -0.15) is 0 Å². The third-order valence-electron chi connectivity index (χ3n) is 3.62. The van der Waals surface area contributed by atoms with Crippen molar-refractivity contribution in [1.29, 1.82) is 0 Å². The van der Waals surface area contributed by atoms with E-state index in [1.54, 1.807) is 0 Å². The van der Waals surface area contributed by atoms with E-state index in [0.29, 0.717) is 6.10 Å². The van der Waals surface area contributed by atoms with Gasteiger partial charge in [0.1, 0.15) is 0 Å². The van der Waals surface area contributed by atoms with E-state index >= 15 is 0 Å². The molecule has 0 bridgehead atoms. The third-order valence-corrected chi connectivity index (χ3v) is 3.62. The monoisotopic (exact) mass is 197 g/mol. The Morgan fingerprint density at radius 1 is 1.29 bits per heavy atom. The molecule has 0 aromatic heterocycles. The zero-order chi connectivity index (χ0) is 9.80. The molecule has 82 valence electrons. The molecular formula is C12H23NO. The highest BCUT2D eigenvalue weighted by Gasteiger charge is 2.21. The van der Waals surface area contributed by atoms with Crippen LogP contribution in [0.5, 0.6) is 0 Å². The van der Waals surface area contributed by atoms with Crippen LogP contribution < -0.4 is 5.32 Å². The standard InChI is InChI=1S/C12H23NO/c1-10-4-5-11(9-10)13-7-6-12-3-2-8-14-12/h10-13H,2-9H2,1H3. The van der Waals surface area contributed by atoms with E-state index in [1.165, 1.54) is 38.5 Å². The normalized spacial score (nSPS) is 37.9. The van der Waals surface area contributed by atoms with Crippen molar-refractivity contribution in [2.75, 3.05) is 13.2 Å². The Kier molecular flexibility index (Phi) is 3.82. The third kappa shape index (κ3) is 2.96. The van der Waals surface area contributed by atoms with Gasteiger partial charge in [-0.15, -0.1) is 0 Å². The zero-order valence-corrected chi connectivity index (χ0v) is 9.30. The highest BCUT2D eigenvalue weighted by atomic mass is 16.5. The Bertz CT molecular complexity index is 166. The first kappa shape index (κ1) is 10.4. The molecular weight excluding hydrogens is 174 g/mol. The van der Waals surface area contributed by atoms with Gasteiger partial charge in [0.15, 0.2) is 0 Å². The van der Waals surface area contributed by atoms with Crippen molar-refractivity contribution >= 4 is 0 Å². The largest absolute Gasteiger partial charge is 0.378 e. The second-order valence-corrected chi connectivity index (χ2v) is 4.99. The molecule has 2 fully saturated rings. The van der Waals surface area contributed by atoms with Crippen molar-refractivity contribution < 1.29 is 4.74 Å². The van der Waals surface area contributed by atoms with Gasteiger partial charge in [-0.3, -0.25) is 0 Å². The first-order valence-corrected chi connectivity index (χ1v) is 6.19. The minimum atomic E-state index is 0.557. The minimum Gasteiger partial charge on any atom is -0.378 e. The molecule has 1 heterocycles. The van der Waals surface area contributed by atoms with Crippen LogP contribution in [-0.2, 0) is 4.74 Å². The van der Waals surface area contributed by atoms with E-state index in [4.69, 9.17) is 4.74 Å². The number of rotatable bonds is 4. The molecule has 0 aromatic rings. The topological polar surface area (TPSA) is 21.3 Å². The molecule has 0 radical (unpaired) electrons. The van der Waals surface area contributed by atoms with Crippen molar-refractivity contribution in [2.24, 2.45) is 5.92 Å². The van der Waals surface area contributed by atoms with Crippen molar-refractivity contribution in [3.8, 4) is 0 Å². The molecule has 3 atom stereocenters. The van der Waals surface area contributed by atoms with Crippen LogP contribution in [0.2, 0.25) is 0 Å². The molecule has 3 unspecified atom stereocenters. The molecule has 2 rings (SSSR count). The summed E-state index contributed by atoms with van der Waals surface area (Å²) in [6, 6.07) is 0.798. The summed E-state index contributed by atoms with van der Waals surface area (Å²) in [4.78, 5) is 0. The van der Waals surface area contributed by atoms with Gasteiger partial charge in [0.05, 0.1) is 6.10 Å². The number of hydrogen-bond donors (Lipinski definition) is 1. The summed E-state index contributed by atoms with van der Waals surface area (Å²) in [5.74, 6) is 0.940. The van der Waals surface area contributed by atoms with Gasteiger partial charge < -0.3 is 10.1 Å². The fourth-order valence-corrected chi connectivity index (χ4v) is 2.71. The molecule has 2 nitrogen and oxygen atoms in total. The van der Waals surface area contributed by atoms with Crippen LogP contribution >= 0.6 is 0 Å². The fourth-order valence-electron chi connectivity index (χ4n) is 2.71. The average molecular weight is 197 g/mol. The molecule has 2 heteroatoms. The maximum Gasteiger partial charge on any atom is 0.0588 e. The summed E-state index contributed by atoms with van der Waals surface area (Å²) < 4.78 is 5.60. The zero-order valence-electron chi connectivity index (χ0n) is 9.30. The summed E-state index contributed by atoms with van der Waals surface area (Å²) in [6.45, 7) is 4.51. The van der Waals surface area contributed by atoms with Crippen molar-refractivity contribution in [3.63, 3.8) is 0 Å². The van der Waals surface area contributed by atoms with Crippen LogP contribution in [0, 0.1) is 5.92 Å². The summed E-state index contributed by atoms with van der Waals surface area (Å²) in [5, 5.41) is 3.66. The second kappa shape index (κ2) is 5.13. The van der Waals surface area contributed by atoms with Crippen LogP contribution in [0.15, 0.2) is 0 Å². The van der Waals surface area contributed by atoms with E-state index in [9.17, 15) is 0 Å². The van der Waals surface area contributed by atoms with Gasteiger partial charge >= 0.3 is 0 Å². The summed E-state index contributed by atoms with van der Waals surface area (Å²) >= 11 is 0. The SMILES string of the molecule is CC1CCC(NCCC2CCCO2)C1. The predicted molar refractivity (Wildman–Crippen MR) is 58.4 cm³/mol. The Hall–Kier alpha value is -0.0800. The van der Waals surface area contributed by atoms with Gasteiger partial charge in [0, 0.05) is 12.6 Å². The van der Waals surface area contributed by atoms with Crippen LogP contribution in [0.3, 0.4) is 0 Å². The van der Waals surface area contributed by atoms with Gasteiger partial charge in [-0.1, -0.05) is 6.92 Å². The lowest BCUT2D eigenvalue weighted by molar-refractivity contribution is 0.103. The van der Waals surface area contributed by atoms with Crippen LogP contribution in [0.4, 0.5) is 0 Å². The lowest BCUT2D eigenvalue weighted by Gasteiger charge is -2.14. The molecule has 2 aliphatic rings. The fraction of sp³-hybridized carbons (Fsp3) is 1.00. The van der Waals surface area contributed by atoms with Crippen molar-refractivity contribution in [3.05, 3.63) is 0 Å². The highest BCUT2D eigenvalue weighted by Crippen LogP contribution is 2.24. The smallest absolute Gasteiger partial charge is 0.0588 e. The Morgan fingerprint density at radius 3 is 2.86 bits per heavy atom. The van der Waals surface area contributed by atoms with Gasteiger partial charge in [-0.25, -0.2) is 0 Å². The average Bonchev–Trinajstić information content (AvgIpc) is 2.77. The number of hydrogen-bond acceptors (Lipinski definition) is 2. The van der Waals surface area contributed by atoms with Crippen LogP contribution in [0.1, 0.15) is 45.4 Å². The first-order chi connectivity index (χ1) is 6.84. The predicted octanol–water partition coefficient (Wildman–Crippen LogP) is 2.33. The highest BCUT2D eigenvalue weighted by molar-refractivity contribution is 4.78. The van der Waals surface area contributed by atoms with E-state index in [1.807, 2.05) is 0 Å². The molecule has 1 N–H and O–H groups in total. The molecule has 1 aliphatic carbocycles. The quantitative estimate of drug-likeness (QED) is 0.747. The lowest BCUT2D eigenvalue weighted by atomic mass is 10.1. The maximum absolute atomic E-state index is 5.60. The van der Waals surface area contributed by atoms with Gasteiger partial charge in [0.25, 0.3) is 0 Å². The maximum atomic E-state index is 5.60. The lowest BCUT2D eigenvalue weighted by Crippen LogP contribution is -2.29. The summed E-state index contributed by atoms with van der Waals surface area (Å²) in [7, 11) is 0. The second-order valence-electron chi connectivity index (χ2n) is 4.99. The van der Waals surface area contributed by atoms with Crippen molar-refractivity contribution in [2.45, 2.75) is 57.6 Å². The van der Waals surface area contributed by atoms with E-state index in [2.05, 4.69) is 12.2 Å². The van der Waals surface area contributed by atoms with Gasteiger partial charge in [-0.05, 0) is 51.0 Å².